The second-order valence-corrected chi connectivity index (χ2v) is 5.68. The summed E-state index contributed by atoms with van der Waals surface area (Å²) in [6, 6.07) is 7.92. The van der Waals surface area contributed by atoms with Crippen LogP contribution in [-0.4, -0.2) is 42.5 Å². The lowest BCUT2D eigenvalue weighted by Gasteiger charge is -2.33. The zero-order chi connectivity index (χ0) is 15.0. The predicted octanol–water partition coefficient (Wildman–Crippen LogP) is 2.09. The summed E-state index contributed by atoms with van der Waals surface area (Å²) in [7, 11) is 0. The summed E-state index contributed by atoms with van der Waals surface area (Å²) in [6.07, 6.45) is 4.89. The predicted molar refractivity (Wildman–Crippen MR) is 80.0 cm³/mol. The van der Waals surface area contributed by atoms with E-state index in [0.717, 1.165) is 43.7 Å². The van der Waals surface area contributed by atoms with Gasteiger partial charge in [-0.15, -0.1) is 0 Å². The Morgan fingerprint density at radius 2 is 2.10 bits per heavy atom. The van der Waals surface area contributed by atoms with Gasteiger partial charge in [0.05, 0.1) is 6.61 Å². The van der Waals surface area contributed by atoms with Crippen LogP contribution in [0.5, 0.6) is 5.75 Å². The zero-order valence-corrected chi connectivity index (χ0v) is 12.5. The molecule has 5 heteroatoms. The number of amides is 1. The first-order chi connectivity index (χ1) is 10.2. The van der Waals surface area contributed by atoms with Gasteiger partial charge >= 0.3 is 0 Å². The van der Waals surface area contributed by atoms with Gasteiger partial charge in [-0.05, 0) is 37.8 Å². The lowest BCUT2D eigenvalue weighted by atomic mass is 10.1. The third-order valence-electron chi connectivity index (χ3n) is 3.84. The Balaban J connectivity index is 1.83. The number of nitrogens with one attached hydrogen (secondary N) is 1. The molecular weight excluding hydrogens is 268 g/mol. The third kappa shape index (κ3) is 5.36. The van der Waals surface area contributed by atoms with E-state index >= 15 is 0 Å². The van der Waals surface area contributed by atoms with Crippen LogP contribution in [0.1, 0.15) is 31.2 Å². The van der Waals surface area contributed by atoms with Crippen LogP contribution in [-0.2, 0) is 11.3 Å². The van der Waals surface area contributed by atoms with E-state index < -0.39 is 0 Å². The molecule has 0 aliphatic carbocycles. The summed E-state index contributed by atoms with van der Waals surface area (Å²) in [5.74, 6) is 0.821. The van der Waals surface area contributed by atoms with Crippen molar-refractivity contribution in [2.24, 2.45) is 0 Å². The Kier molecular flexibility index (Phi) is 6.02. The first kappa shape index (κ1) is 15.8. The van der Waals surface area contributed by atoms with Gasteiger partial charge in [-0.2, -0.15) is 4.65 Å². The number of benzene rings is 1. The van der Waals surface area contributed by atoms with Gasteiger partial charge in [-0.3, -0.25) is 4.79 Å². The van der Waals surface area contributed by atoms with Crippen LogP contribution in [0.3, 0.4) is 0 Å². The molecule has 0 aromatic heterocycles. The lowest BCUT2D eigenvalue weighted by molar-refractivity contribution is -1.12. The number of piperidine rings is 1. The normalized spacial score (nSPS) is 17.2. The molecule has 1 aliphatic heterocycles. The number of likely N-dealkylation sites (tertiary alicyclic amines) is 1. The van der Waals surface area contributed by atoms with Gasteiger partial charge in [-0.25, -0.2) is 5.21 Å². The molecule has 0 spiro atoms. The molecule has 0 atom stereocenters. The molecule has 1 amide bonds. The Hall–Kier alpha value is -1.59. The number of carbonyl (C=O) groups excluding carboxylic acids is 1. The molecule has 1 aromatic carbocycles. The quantitative estimate of drug-likeness (QED) is 0.438. The number of rotatable bonds is 8. The summed E-state index contributed by atoms with van der Waals surface area (Å²) in [5, 5.41) is 13.2. The highest BCUT2D eigenvalue weighted by Crippen LogP contribution is 2.22. The van der Waals surface area contributed by atoms with E-state index in [1.165, 1.54) is 6.42 Å². The highest BCUT2D eigenvalue weighted by molar-refractivity contribution is 5.45. The Morgan fingerprint density at radius 1 is 1.29 bits per heavy atom. The smallest absolute Gasteiger partial charge is 0.207 e. The summed E-state index contributed by atoms with van der Waals surface area (Å²) in [5.41, 5.74) is 1.10. The van der Waals surface area contributed by atoms with E-state index in [-0.39, 0.29) is 4.65 Å². The SMILES string of the molecule is O=CNCCCOc1cccc(C[N+]2(O)CCCCC2)c1. The highest BCUT2D eigenvalue weighted by atomic mass is 16.5. The van der Waals surface area contributed by atoms with Crippen molar-refractivity contribution in [3.05, 3.63) is 29.8 Å². The minimum absolute atomic E-state index is 0.146. The van der Waals surface area contributed by atoms with E-state index in [2.05, 4.69) is 5.32 Å². The number of quaternary nitrogens is 1. The molecule has 0 unspecified atom stereocenters. The Morgan fingerprint density at radius 3 is 2.86 bits per heavy atom. The molecule has 21 heavy (non-hydrogen) atoms. The monoisotopic (exact) mass is 293 g/mol. The molecule has 2 rings (SSSR count). The van der Waals surface area contributed by atoms with Gasteiger partial charge < -0.3 is 10.1 Å². The molecule has 116 valence electrons. The summed E-state index contributed by atoms with van der Waals surface area (Å²) < 4.78 is 5.82. The van der Waals surface area contributed by atoms with E-state index in [0.29, 0.717) is 26.1 Å². The first-order valence-electron chi connectivity index (χ1n) is 7.69. The van der Waals surface area contributed by atoms with E-state index in [4.69, 9.17) is 4.74 Å². The molecule has 0 saturated carbocycles. The Bertz CT molecular complexity index is 445. The van der Waals surface area contributed by atoms with Crippen molar-refractivity contribution in [2.75, 3.05) is 26.2 Å². The van der Waals surface area contributed by atoms with Crippen molar-refractivity contribution in [3.63, 3.8) is 0 Å². The standard InChI is InChI=1S/C16H24N2O3/c19-14-17-8-5-11-21-16-7-4-6-15(12-16)13-18(20)9-2-1-3-10-18/h4,6-7,12,14,20H,1-3,5,8-11,13H2/p+1. The molecule has 5 nitrogen and oxygen atoms in total. The van der Waals surface area contributed by atoms with Gasteiger partial charge in [0, 0.05) is 12.1 Å². The van der Waals surface area contributed by atoms with Crippen LogP contribution in [0.4, 0.5) is 0 Å². The second kappa shape index (κ2) is 8.00. The molecule has 1 saturated heterocycles. The highest BCUT2D eigenvalue weighted by Gasteiger charge is 2.28. The molecule has 1 aromatic rings. The maximum atomic E-state index is 10.5. The zero-order valence-electron chi connectivity index (χ0n) is 12.5. The van der Waals surface area contributed by atoms with Crippen molar-refractivity contribution >= 4 is 6.41 Å². The molecule has 1 aliphatic rings. The molecule has 1 fully saturated rings. The van der Waals surface area contributed by atoms with E-state index in [1.54, 1.807) is 0 Å². The average Bonchev–Trinajstić information content (AvgIpc) is 2.48. The maximum absolute atomic E-state index is 10.5. The minimum Gasteiger partial charge on any atom is -0.494 e. The largest absolute Gasteiger partial charge is 0.494 e. The van der Waals surface area contributed by atoms with Gasteiger partial charge in [0.25, 0.3) is 0 Å². The van der Waals surface area contributed by atoms with Crippen molar-refractivity contribution in [2.45, 2.75) is 32.2 Å². The summed E-state index contributed by atoms with van der Waals surface area (Å²) in [4.78, 5) is 10.1. The molecule has 2 N–H and O–H groups in total. The van der Waals surface area contributed by atoms with E-state index in [9.17, 15) is 10.0 Å². The molecule has 1 heterocycles. The van der Waals surface area contributed by atoms with Gasteiger partial charge in [0.15, 0.2) is 0 Å². The van der Waals surface area contributed by atoms with Crippen LogP contribution in [0.25, 0.3) is 0 Å². The van der Waals surface area contributed by atoms with Crippen LogP contribution >= 0.6 is 0 Å². The number of hydrogen-bond acceptors (Lipinski definition) is 3. The van der Waals surface area contributed by atoms with Crippen LogP contribution in [0.2, 0.25) is 0 Å². The fraction of sp³-hybridized carbons (Fsp3) is 0.562. The minimum atomic E-state index is 0.146. The number of hydrogen-bond donors (Lipinski definition) is 2. The van der Waals surface area contributed by atoms with Crippen LogP contribution < -0.4 is 10.1 Å². The summed E-state index contributed by atoms with van der Waals surface area (Å²) in [6.45, 7) is 3.51. The molecule has 0 radical (unpaired) electrons. The summed E-state index contributed by atoms with van der Waals surface area (Å²) >= 11 is 0. The first-order valence-corrected chi connectivity index (χ1v) is 7.69. The Labute approximate surface area is 126 Å². The number of nitrogens with zero attached hydrogens (tertiary/aromatic N) is 1. The maximum Gasteiger partial charge on any atom is 0.207 e. The van der Waals surface area contributed by atoms with Gasteiger partial charge in [0.2, 0.25) is 6.41 Å². The van der Waals surface area contributed by atoms with Crippen LogP contribution in [0.15, 0.2) is 24.3 Å². The fourth-order valence-corrected chi connectivity index (χ4v) is 2.76. The van der Waals surface area contributed by atoms with Crippen molar-refractivity contribution in [1.29, 1.82) is 0 Å². The van der Waals surface area contributed by atoms with Crippen LogP contribution in [0, 0.1) is 0 Å². The van der Waals surface area contributed by atoms with E-state index in [1.807, 2.05) is 24.3 Å². The second-order valence-electron chi connectivity index (χ2n) is 5.68. The number of ether oxygens (including phenoxy) is 1. The third-order valence-corrected chi connectivity index (χ3v) is 3.84. The van der Waals surface area contributed by atoms with Gasteiger partial charge in [0.1, 0.15) is 25.4 Å². The van der Waals surface area contributed by atoms with Crippen molar-refractivity contribution in [1.82, 2.24) is 5.32 Å². The average molecular weight is 293 g/mol. The number of carbonyl (C=O) groups is 1. The topological polar surface area (TPSA) is 58.6 Å². The molecular formula is C16H25N2O3+. The van der Waals surface area contributed by atoms with Gasteiger partial charge in [-0.1, -0.05) is 12.1 Å². The lowest BCUT2D eigenvalue weighted by Crippen LogP contribution is -2.47. The molecule has 0 bridgehead atoms. The number of hydroxylamine groups is 3. The van der Waals surface area contributed by atoms with Crippen molar-refractivity contribution < 1.29 is 19.4 Å². The van der Waals surface area contributed by atoms with Crippen molar-refractivity contribution in [3.8, 4) is 5.75 Å². The fourth-order valence-electron chi connectivity index (χ4n) is 2.76.